The third-order valence-corrected chi connectivity index (χ3v) is 5.99. The Labute approximate surface area is 183 Å². The third kappa shape index (κ3) is 2.97. The van der Waals surface area contributed by atoms with Crippen molar-refractivity contribution in [2.45, 2.75) is 20.5 Å². The topological polar surface area (TPSA) is 56.5 Å². The molecule has 0 N–H and O–H groups in total. The summed E-state index contributed by atoms with van der Waals surface area (Å²) >= 11 is 0. The van der Waals surface area contributed by atoms with Gasteiger partial charge in [0.25, 0.3) is 0 Å². The van der Waals surface area contributed by atoms with Crippen LogP contribution in [0, 0.1) is 19.7 Å². The number of hydrogen-bond acceptors (Lipinski definition) is 4. The Morgan fingerprint density at radius 3 is 2.50 bits per heavy atom. The van der Waals surface area contributed by atoms with Gasteiger partial charge < -0.3 is 9.15 Å². The summed E-state index contributed by atoms with van der Waals surface area (Å²) in [5, 5.41) is 2.00. The SMILES string of the molecule is C=C1C(=O)c2c(oc(COC(=O)c3ccc(F)cc3)c2C)-c2ccc3c(C)cccc3c21. The number of ether oxygens (including phenoxy) is 1. The van der Waals surface area contributed by atoms with Crippen LogP contribution in [-0.2, 0) is 11.3 Å². The van der Waals surface area contributed by atoms with E-state index in [1.807, 2.05) is 37.3 Å². The molecule has 0 unspecified atom stereocenters. The van der Waals surface area contributed by atoms with Crippen molar-refractivity contribution in [3.63, 3.8) is 0 Å². The molecule has 4 nitrogen and oxygen atoms in total. The number of carbonyl (C=O) groups excluding carboxylic acids is 2. The molecule has 4 aromatic rings. The fourth-order valence-corrected chi connectivity index (χ4v) is 4.26. The molecule has 1 aromatic heterocycles. The van der Waals surface area contributed by atoms with Crippen LogP contribution in [0.5, 0.6) is 0 Å². The molecule has 1 aliphatic rings. The highest BCUT2D eigenvalue weighted by atomic mass is 19.1. The summed E-state index contributed by atoms with van der Waals surface area (Å²) in [6, 6.07) is 15.0. The van der Waals surface area contributed by atoms with E-state index in [0.29, 0.717) is 28.2 Å². The van der Waals surface area contributed by atoms with Gasteiger partial charge in [-0.1, -0.05) is 30.8 Å². The van der Waals surface area contributed by atoms with Gasteiger partial charge >= 0.3 is 5.97 Å². The number of aryl methyl sites for hydroxylation is 1. The minimum Gasteiger partial charge on any atom is -0.456 e. The van der Waals surface area contributed by atoms with Crippen LogP contribution in [0.4, 0.5) is 4.39 Å². The molecule has 5 rings (SSSR count). The number of allylic oxidation sites excluding steroid dienone is 1. The first-order valence-corrected chi connectivity index (χ1v) is 10.2. The number of hydrogen-bond donors (Lipinski definition) is 0. The van der Waals surface area contributed by atoms with Crippen LogP contribution in [0.3, 0.4) is 0 Å². The highest BCUT2D eigenvalue weighted by Crippen LogP contribution is 2.45. The van der Waals surface area contributed by atoms with Gasteiger partial charge in [0.15, 0.2) is 5.78 Å². The number of rotatable bonds is 3. The molecular formula is C27H19FO4. The second kappa shape index (κ2) is 7.31. The molecule has 0 saturated heterocycles. The summed E-state index contributed by atoms with van der Waals surface area (Å²) in [6.07, 6.45) is 0. The van der Waals surface area contributed by atoms with Crippen LogP contribution in [0.1, 0.15) is 43.2 Å². The van der Waals surface area contributed by atoms with Crippen LogP contribution in [0.25, 0.3) is 27.7 Å². The first-order chi connectivity index (χ1) is 15.4. The van der Waals surface area contributed by atoms with Crippen LogP contribution in [0.15, 0.2) is 65.6 Å². The molecule has 1 aliphatic carbocycles. The van der Waals surface area contributed by atoms with E-state index in [0.717, 1.165) is 27.5 Å². The molecular weight excluding hydrogens is 407 g/mol. The van der Waals surface area contributed by atoms with Crippen molar-refractivity contribution in [2.75, 3.05) is 0 Å². The maximum atomic E-state index is 13.2. The maximum Gasteiger partial charge on any atom is 0.338 e. The molecule has 158 valence electrons. The van der Waals surface area contributed by atoms with Gasteiger partial charge in [0.05, 0.1) is 11.1 Å². The summed E-state index contributed by atoms with van der Waals surface area (Å²) in [5.74, 6) is -0.374. The van der Waals surface area contributed by atoms with Gasteiger partial charge in [-0.15, -0.1) is 0 Å². The van der Waals surface area contributed by atoms with E-state index in [9.17, 15) is 14.0 Å². The Balaban J connectivity index is 1.55. The van der Waals surface area contributed by atoms with E-state index in [2.05, 4.69) is 6.58 Å². The van der Waals surface area contributed by atoms with Crippen LogP contribution >= 0.6 is 0 Å². The number of Topliss-reactive ketones (excluding diaryl/α,β-unsaturated/α-hetero) is 1. The molecule has 0 atom stereocenters. The van der Waals surface area contributed by atoms with Crippen molar-refractivity contribution >= 4 is 28.1 Å². The van der Waals surface area contributed by atoms with Gasteiger partial charge in [-0.3, -0.25) is 4.79 Å². The summed E-state index contributed by atoms with van der Waals surface area (Å²) < 4.78 is 24.5. The highest BCUT2D eigenvalue weighted by molar-refractivity contribution is 6.36. The average molecular weight is 426 g/mol. The minimum atomic E-state index is -0.601. The summed E-state index contributed by atoms with van der Waals surface area (Å²) in [6.45, 7) is 7.73. The molecule has 0 fully saturated rings. The predicted molar refractivity (Wildman–Crippen MR) is 120 cm³/mol. The third-order valence-electron chi connectivity index (χ3n) is 5.99. The Morgan fingerprint density at radius 1 is 1.00 bits per heavy atom. The lowest BCUT2D eigenvalue weighted by molar-refractivity contribution is 0.0445. The van der Waals surface area contributed by atoms with E-state index < -0.39 is 11.8 Å². The first-order valence-electron chi connectivity index (χ1n) is 10.2. The van der Waals surface area contributed by atoms with Gasteiger partial charge in [-0.2, -0.15) is 0 Å². The molecule has 0 amide bonds. The van der Waals surface area contributed by atoms with Crippen LogP contribution in [-0.4, -0.2) is 11.8 Å². The zero-order valence-electron chi connectivity index (χ0n) is 17.6. The smallest absolute Gasteiger partial charge is 0.338 e. The van der Waals surface area contributed by atoms with Crippen LogP contribution in [0.2, 0.25) is 0 Å². The van der Waals surface area contributed by atoms with Crippen molar-refractivity contribution in [1.29, 1.82) is 0 Å². The Hall–Kier alpha value is -3.99. The monoisotopic (exact) mass is 426 g/mol. The quantitative estimate of drug-likeness (QED) is 0.280. The van der Waals surface area contributed by atoms with E-state index in [4.69, 9.17) is 9.15 Å². The largest absolute Gasteiger partial charge is 0.456 e. The van der Waals surface area contributed by atoms with Gasteiger partial charge in [-0.05, 0) is 60.5 Å². The summed E-state index contributed by atoms with van der Waals surface area (Å²) in [4.78, 5) is 25.5. The zero-order chi connectivity index (χ0) is 22.6. The lowest BCUT2D eigenvalue weighted by Gasteiger charge is -2.19. The predicted octanol–water partition coefficient (Wildman–Crippen LogP) is 6.42. The molecule has 3 aromatic carbocycles. The highest BCUT2D eigenvalue weighted by Gasteiger charge is 2.34. The second-order valence-corrected chi connectivity index (χ2v) is 7.90. The van der Waals surface area contributed by atoms with E-state index in [-0.39, 0.29) is 18.0 Å². The number of ketones is 1. The number of carbonyl (C=O) groups is 2. The summed E-state index contributed by atoms with van der Waals surface area (Å²) in [5.41, 5.74) is 4.39. The van der Waals surface area contributed by atoms with Crippen molar-refractivity contribution in [3.05, 3.63) is 101 Å². The van der Waals surface area contributed by atoms with Crippen molar-refractivity contribution in [2.24, 2.45) is 0 Å². The van der Waals surface area contributed by atoms with Gasteiger partial charge in [-0.25, -0.2) is 9.18 Å². The average Bonchev–Trinajstić information content (AvgIpc) is 3.12. The molecule has 5 heteroatoms. The molecule has 0 bridgehead atoms. The van der Waals surface area contributed by atoms with E-state index >= 15 is 0 Å². The molecule has 32 heavy (non-hydrogen) atoms. The number of halogens is 1. The molecule has 0 aliphatic heterocycles. The van der Waals surface area contributed by atoms with Crippen molar-refractivity contribution < 1.29 is 23.1 Å². The maximum absolute atomic E-state index is 13.2. The minimum absolute atomic E-state index is 0.142. The van der Waals surface area contributed by atoms with E-state index in [1.165, 1.54) is 24.3 Å². The number of fused-ring (bicyclic) bond motifs is 5. The first kappa shape index (κ1) is 19.9. The van der Waals surface area contributed by atoms with Gasteiger partial charge in [0.1, 0.15) is 23.9 Å². The molecule has 0 saturated carbocycles. The molecule has 0 radical (unpaired) electrons. The number of benzene rings is 3. The standard InChI is InChI=1S/C27H19FO4/c1-14-5-4-6-20-19(14)11-12-21-23(20)16(3)25(29)24-15(2)22(32-26(21)24)13-31-27(30)17-7-9-18(28)10-8-17/h4-12H,3,13H2,1-2H3. The van der Waals surface area contributed by atoms with E-state index in [1.54, 1.807) is 6.92 Å². The second-order valence-electron chi connectivity index (χ2n) is 7.90. The lowest BCUT2D eigenvalue weighted by atomic mass is 9.81. The van der Waals surface area contributed by atoms with Crippen molar-refractivity contribution in [3.8, 4) is 11.3 Å². The molecule has 0 spiro atoms. The zero-order valence-corrected chi connectivity index (χ0v) is 17.6. The summed E-state index contributed by atoms with van der Waals surface area (Å²) in [7, 11) is 0. The normalized spacial score (nSPS) is 12.6. The number of furan rings is 1. The van der Waals surface area contributed by atoms with Gasteiger partial charge in [0.2, 0.25) is 0 Å². The Bertz CT molecular complexity index is 1440. The van der Waals surface area contributed by atoms with Crippen LogP contribution < -0.4 is 0 Å². The fraction of sp³-hybridized carbons (Fsp3) is 0.111. The fourth-order valence-electron chi connectivity index (χ4n) is 4.26. The Morgan fingerprint density at radius 2 is 1.75 bits per heavy atom. The van der Waals surface area contributed by atoms with Crippen molar-refractivity contribution in [1.82, 2.24) is 0 Å². The number of esters is 1. The van der Waals surface area contributed by atoms with Gasteiger partial charge in [0, 0.05) is 22.3 Å². The lowest BCUT2D eigenvalue weighted by Crippen LogP contribution is -2.11. The Kier molecular flexibility index (Phi) is 4.55. The molecule has 1 heterocycles.